The smallest absolute Gasteiger partial charge is 0.243 e. The van der Waals surface area contributed by atoms with Crippen LogP contribution in [-0.4, -0.2) is 12.5 Å². The number of halogens is 3. The van der Waals surface area contributed by atoms with Crippen LogP contribution in [0, 0.1) is 5.82 Å². The Hall–Kier alpha value is -1.78. The topological polar surface area (TPSA) is 41.1 Å². The minimum Gasteiger partial charge on any atom is -0.376 e. The second-order valence-corrected chi connectivity index (χ2v) is 4.88. The molecule has 2 aromatic carbocycles. The molecule has 2 rings (SSSR count). The average molecular weight is 313 g/mol. The van der Waals surface area contributed by atoms with Gasteiger partial charge in [0.1, 0.15) is 5.82 Å². The van der Waals surface area contributed by atoms with Crippen LogP contribution in [-0.2, 0) is 4.79 Å². The SMILES string of the molecule is O=C(CNc1ccc(Cl)cc1)Nc1ccc(F)c(Cl)c1. The van der Waals surface area contributed by atoms with Gasteiger partial charge in [-0.15, -0.1) is 0 Å². The summed E-state index contributed by atoms with van der Waals surface area (Å²) < 4.78 is 13.0. The molecule has 0 aromatic heterocycles. The molecule has 0 aliphatic carbocycles. The first-order chi connectivity index (χ1) is 9.54. The molecule has 0 saturated heterocycles. The van der Waals surface area contributed by atoms with Gasteiger partial charge in [-0.1, -0.05) is 23.2 Å². The van der Waals surface area contributed by atoms with Gasteiger partial charge in [-0.3, -0.25) is 4.79 Å². The van der Waals surface area contributed by atoms with Crippen LogP contribution in [0.3, 0.4) is 0 Å². The number of carbonyl (C=O) groups is 1. The zero-order chi connectivity index (χ0) is 14.5. The highest BCUT2D eigenvalue weighted by molar-refractivity contribution is 6.31. The largest absolute Gasteiger partial charge is 0.376 e. The van der Waals surface area contributed by atoms with Gasteiger partial charge in [-0.05, 0) is 42.5 Å². The van der Waals surface area contributed by atoms with Crippen molar-refractivity contribution >= 4 is 40.5 Å². The summed E-state index contributed by atoms with van der Waals surface area (Å²) in [7, 11) is 0. The van der Waals surface area contributed by atoms with Crippen LogP contribution in [0.15, 0.2) is 42.5 Å². The van der Waals surface area contributed by atoms with Crippen molar-refractivity contribution in [1.82, 2.24) is 0 Å². The lowest BCUT2D eigenvalue weighted by Crippen LogP contribution is -2.21. The second kappa shape index (κ2) is 6.59. The molecular formula is C14H11Cl2FN2O. The fourth-order valence-corrected chi connectivity index (χ4v) is 1.84. The van der Waals surface area contributed by atoms with E-state index in [-0.39, 0.29) is 17.5 Å². The summed E-state index contributed by atoms with van der Waals surface area (Å²) in [6.07, 6.45) is 0. The number of hydrogen-bond donors (Lipinski definition) is 2. The van der Waals surface area contributed by atoms with Crippen molar-refractivity contribution in [3.8, 4) is 0 Å². The minimum atomic E-state index is -0.524. The van der Waals surface area contributed by atoms with Crippen molar-refractivity contribution in [2.45, 2.75) is 0 Å². The number of hydrogen-bond acceptors (Lipinski definition) is 2. The Kier molecular flexibility index (Phi) is 4.82. The van der Waals surface area contributed by atoms with E-state index in [1.807, 2.05) is 0 Å². The zero-order valence-corrected chi connectivity index (χ0v) is 11.8. The van der Waals surface area contributed by atoms with Gasteiger partial charge >= 0.3 is 0 Å². The van der Waals surface area contributed by atoms with Crippen LogP contribution in [0.1, 0.15) is 0 Å². The number of rotatable bonds is 4. The predicted octanol–water partition coefficient (Wildman–Crippen LogP) is 4.18. The molecule has 0 aliphatic rings. The maximum absolute atomic E-state index is 13.0. The van der Waals surface area contributed by atoms with E-state index in [9.17, 15) is 9.18 Å². The molecule has 0 heterocycles. The highest BCUT2D eigenvalue weighted by Crippen LogP contribution is 2.19. The molecule has 0 saturated carbocycles. The zero-order valence-electron chi connectivity index (χ0n) is 10.3. The quantitative estimate of drug-likeness (QED) is 0.889. The third-order valence-corrected chi connectivity index (χ3v) is 3.04. The summed E-state index contributed by atoms with van der Waals surface area (Å²) in [6.45, 7) is 0.0800. The van der Waals surface area contributed by atoms with Gasteiger partial charge < -0.3 is 10.6 Å². The lowest BCUT2D eigenvalue weighted by Gasteiger charge is -2.08. The van der Waals surface area contributed by atoms with E-state index in [4.69, 9.17) is 23.2 Å². The molecule has 0 bridgehead atoms. The first-order valence-electron chi connectivity index (χ1n) is 5.79. The van der Waals surface area contributed by atoms with E-state index in [0.29, 0.717) is 10.7 Å². The van der Waals surface area contributed by atoms with Crippen molar-refractivity contribution in [3.05, 3.63) is 58.3 Å². The molecule has 2 aromatic rings. The summed E-state index contributed by atoms with van der Waals surface area (Å²) >= 11 is 11.4. The van der Waals surface area contributed by atoms with Crippen molar-refractivity contribution in [2.24, 2.45) is 0 Å². The normalized spacial score (nSPS) is 10.2. The average Bonchev–Trinajstić information content (AvgIpc) is 2.42. The summed E-state index contributed by atoms with van der Waals surface area (Å²) in [4.78, 5) is 11.7. The summed E-state index contributed by atoms with van der Waals surface area (Å²) in [5.74, 6) is -0.786. The standard InChI is InChI=1S/C14H11Cl2FN2O/c15-9-1-3-10(4-2-9)18-8-14(20)19-11-5-6-13(17)12(16)7-11/h1-7,18H,8H2,(H,19,20). The van der Waals surface area contributed by atoms with Gasteiger partial charge in [0.2, 0.25) is 5.91 Å². The van der Waals surface area contributed by atoms with E-state index in [0.717, 1.165) is 5.69 Å². The molecule has 0 spiro atoms. The summed E-state index contributed by atoms with van der Waals surface area (Å²) in [5, 5.41) is 6.15. The Morgan fingerprint density at radius 3 is 2.35 bits per heavy atom. The van der Waals surface area contributed by atoms with Gasteiger partial charge in [0.05, 0.1) is 11.6 Å². The van der Waals surface area contributed by atoms with Crippen LogP contribution in [0.5, 0.6) is 0 Å². The van der Waals surface area contributed by atoms with Crippen LogP contribution >= 0.6 is 23.2 Å². The van der Waals surface area contributed by atoms with Gasteiger partial charge in [-0.2, -0.15) is 0 Å². The highest BCUT2D eigenvalue weighted by atomic mass is 35.5. The van der Waals surface area contributed by atoms with Gasteiger partial charge in [0.25, 0.3) is 0 Å². The Bertz CT molecular complexity index is 617. The molecular weight excluding hydrogens is 302 g/mol. The molecule has 0 atom stereocenters. The van der Waals surface area contributed by atoms with E-state index >= 15 is 0 Å². The van der Waals surface area contributed by atoms with E-state index in [1.165, 1.54) is 18.2 Å². The maximum Gasteiger partial charge on any atom is 0.243 e. The third kappa shape index (κ3) is 4.11. The summed E-state index contributed by atoms with van der Waals surface area (Å²) in [6, 6.07) is 11.0. The van der Waals surface area contributed by atoms with Gasteiger partial charge in [0.15, 0.2) is 0 Å². The maximum atomic E-state index is 13.0. The molecule has 0 aliphatic heterocycles. The third-order valence-electron chi connectivity index (χ3n) is 2.50. The Balaban J connectivity index is 1.89. The minimum absolute atomic E-state index is 0.0338. The Labute approximate surface area is 125 Å². The molecule has 20 heavy (non-hydrogen) atoms. The molecule has 2 N–H and O–H groups in total. The fraction of sp³-hybridized carbons (Fsp3) is 0.0714. The first kappa shape index (κ1) is 14.6. The van der Waals surface area contributed by atoms with Gasteiger partial charge in [-0.25, -0.2) is 4.39 Å². The van der Waals surface area contributed by atoms with Crippen LogP contribution in [0.4, 0.5) is 15.8 Å². The number of benzene rings is 2. The molecule has 0 fully saturated rings. The van der Waals surface area contributed by atoms with Crippen molar-refractivity contribution in [1.29, 1.82) is 0 Å². The van der Waals surface area contributed by atoms with Gasteiger partial charge in [0, 0.05) is 16.4 Å². The lowest BCUT2D eigenvalue weighted by atomic mass is 10.3. The Morgan fingerprint density at radius 1 is 1.05 bits per heavy atom. The van der Waals surface area contributed by atoms with E-state index < -0.39 is 5.82 Å². The van der Waals surface area contributed by atoms with Crippen molar-refractivity contribution < 1.29 is 9.18 Å². The van der Waals surface area contributed by atoms with Crippen LogP contribution < -0.4 is 10.6 Å². The monoisotopic (exact) mass is 312 g/mol. The lowest BCUT2D eigenvalue weighted by molar-refractivity contribution is -0.114. The van der Waals surface area contributed by atoms with E-state index in [2.05, 4.69) is 10.6 Å². The number of anilines is 2. The molecule has 0 radical (unpaired) electrons. The molecule has 6 heteroatoms. The molecule has 0 unspecified atom stereocenters. The molecule has 104 valence electrons. The predicted molar refractivity (Wildman–Crippen MR) is 80.0 cm³/mol. The van der Waals surface area contributed by atoms with Crippen LogP contribution in [0.25, 0.3) is 0 Å². The fourth-order valence-electron chi connectivity index (χ4n) is 1.53. The van der Waals surface area contributed by atoms with Crippen molar-refractivity contribution in [2.75, 3.05) is 17.2 Å². The number of amides is 1. The van der Waals surface area contributed by atoms with Crippen molar-refractivity contribution in [3.63, 3.8) is 0 Å². The second-order valence-electron chi connectivity index (χ2n) is 4.04. The highest BCUT2D eigenvalue weighted by Gasteiger charge is 2.05. The Morgan fingerprint density at radius 2 is 1.70 bits per heavy atom. The van der Waals surface area contributed by atoms with Crippen LogP contribution in [0.2, 0.25) is 10.0 Å². The van der Waals surface area contributed by atoms with E-state index in [1.54, 1.807) is 24.3 Å². The summed E-state index contributed by atoms with van der Waals surface area (Å²) in [5.41, 5.74) is 1.22. The first-order valence-corrected chi connectivity index (χ1v) is 6.54. The number of nitrogens with one attached hydrogen (secondary N) is 2. The molecule has 3 nitrogen and oxygen atoms in total. The number of carbonyl (C=O) groups excluding carboxylic acids is 1. The molecule has 1 amide bonds.